The number of carbonyl (C=O) groups excluding carboxylic acids is 2. The molecule has 4 amide bonds. The van der Waals surface area contributed by atoms with E-state index in [0.717, 1.165) is 28.3 Å². The van der Waals surface area contributed by atoms with Crippen LogP contribution in [-0.2, 0) is 21.1 Å². The maximum Gasteiger partial charge on any atom is 0.330 e. The average Bonchev–Trinajstić information content (AvgIpc) is 2.97. The van der Waals surface area contributed by atoms with Gasteiger partial charge < -0.3 is 15.4 Å². The number of aryl methyl sites for hydroxylation is 1. The number of imide groups is 1. The topological polar surface area (TPSA) is 106 Å². The molecule has 1 aromatic carbocycles. The fraction of sp³-hybridized carbons (Fsp3) is 0.286. The molecule has 2 N–H and O–H groups in total. The van der Waals surface area contributed by atoms with Crippen molar-refractivity contribution in [3.8, 4) is 11.3 Å². The van der Waals surface area contributed by atoms with Crippen LogP contribution in [0.25, 0.3) is 11.3 Å². The summed E-state index contributed by atoms with van der Waals surface area (Å²) in [7, 11) is 2.74. The Morgan fingerprint density at radius 1 is 1.10 bits per heavy atom. The predicted molar refractivity (Wildman–Crippen MR) is 139 cm³/mol. The number of rotatable bonds is 11. The highest BCUT2D eigenvalue weighted by Crippen LogP contribution is 2.34. The summed E-state index contributed by atoms with van der Waals surface area (Å²) in [5.41, 5.74) is 2.74. The maximum absolute atomic E-state index is 14.2. The number of benzene rings is 1. The Morgan fingerprint density at radius 3 is 2.58 bits per heavy atom. The molecule has 3 heterocycles. The van der Waals surface area contributed by atoms with E-state index in [1.165, 1.54) is 20.3 Å². The fourth-order valence-electron chi connectivity index (χ4n) is 4.36. The standard InChI is InChI=1S/C28H29F2N5O5/c1-38-18-25-21(17-40-39-2)26(20-7-8-22(29)23(30)16-20)35(28(37)33-25)27(36)32-12-5-13-34-14-9-19(10-15-34)24-6-3-4-11-31-24/h3-4,6-11,14-16,26H,5,12-13,17-18H2,1-2H3,(H-,32,33,36,37)/p+1. The lowest BCUT2D eigenvalue weighted by atomic mass is 9.94. The van der Waals surface area contributed by atoms with E-state index in [9.17, 15) is 18.4 Å². The molecule has 0 spiro atoms. The molecule has 1 aliphatic rings. The third kappa shape index (κ3) is 6.84. The van der Waals surface area contributed by atoms with Crippen LogP contribution < -0.4 is 15.2 Å². The molecule has 1 unspecified atom stereocenters. The van der Waals surface area contributed by atoms with E-state index in [1.54, 1.807) is 6.20 Å². The van der Waals surface area contributed by atoms with E-state index >= 15 is 0 Å². The first-order valence-electron chi connectivity index (χ1n) is 12.5. The van der Waals surface area contributed by atoms with Crippen LogP contribution in [0.2, 0.25) is 0 Å². The summed E-state index contributed by atoms with van der Waals surface area (Å²) in [6, 6.07) is 10.3. The second-order valence-corrected chi connectivity index (χ2v) is 8.87. The van der Waals surface area contributed by atoms with E-state index in [2.05, 4.69) is 15.6 Å². The minimum absolute atomic E-state index is 0.0138. The number of pyridine rings is 2. The SMILES string of the molecule is COCC1=C(COOC)C(c2ccc(F)c(F)c2)N(C(=O)NCCC[n+]2ccc(-c3ccccn3)cc2)C(=O)N1. The number of ether oxygens (including phenoxy) is 1. The number of amides is 4. The van der Waals surface area contributed by atoms with Crippen LogP contribution in [0, 0.1) is 11.6 Å². The number of halogens is 2. The van der Waals surface area contributed by atoms with Gasteiger partial charge in [-0.3, -0.25) is 4.98 Å². The number of aromatic nitrogens is 2. The van der Waals surface area contributed by atoms with E-state index < -0.39 is 29.7 Å². The van der Waals surface area contributed by atoms with Gasteiger partial charge in [0.2, 0.25) is 0 Å². The number of urea groups is 2. The minimum Gasteiger partial charge on any atom is -0.378 e. The lowest BCUT2D eigenvalue weighted by Gasteiger charge is -2.37. The molecule has 4 rings (SSSR count). The third-order valence-electron chi connectivity index (χ3n) is 6.27. The lowest BCUT2D eigenvalue weighted by molar-refractivity contribution is -0.697. The molecule has 1 aliphatic heterocycles. The largest absolute Gasteiger partial charge is 0.378 e. The zero-order valence-corrected chi connectivity index (χ0v) is 22.1. The molecule has 0 bridgehead atoms. The molecule has 12 heteroatoms. The number of nitrogens with zero attached hydrogens (tertiary/aromatic N) is 3. The maximum atomic E-state index is 14.2. The molecule has 0 aliphatic carbocycles. The summed E-state index contributed by atoms with van der Waals surface area (Å²) < 4.78 is 35.1. The molecule has 1 atom stereocenters. The van der Waals surface area contributed by atoms with Crippen LogP contribution in [0.15, 0.2) is 78.4 Å². The second kappa shape index (κ2) is 13.7. The molecule has 0 radical (unpaired) electrons. The summed E-state index contributed by atoms with van der Waals surface area (Å²) in [6.07, 6.45) is 6.15. The van der Waals surface area contributed by atoms with Crippen molar-refractivity contribution in [1.29, 1.82) is 0 Å². The lowest BCUT2D eigenvalue weighted by Crippen LogP contribution is -2.55. The van der Waals surface area contributed by atoms with Crippen molar-refractivity contribution in [1.82, 2.24) is 20.5 Å². The van der Waals surface area contributed by atoms with Crippen LogP contribution >= 0.6 is 0 Å². The van der Waals surface area contributed by atoms with Gasteiger partial charge >= 0.3 is 12.1 Å². The number of carbonyl (C=O) groups is 2. The molecule has 0 saturated heterocycles. The first-order valence-corrected chi connectivity index (χ1v) is 12.5. The molecule has 0 fully saturated rings. The molecule has 0 saturated carbocycles. The molecule has 210 valence electrons. The van der Waals surface area contributed by atoms with Crippen LogP contribution in [0.3, 0.4) is 0 Å². The Balaban J connectivity index is 1.47. The Kier molecular flexibility index (Phi) is 9.84. The predicted octanol–water partition coefficient (Wildman–Crippen LogP) is 3.66. The Labute approximate surface area is 230 Å². The monoisotopic (exact) mass is 554 g/mol. The quantitative estimate of drug-likeness (QED) is 0.162. The Bertz CT molecular complexity index is 1350. The van der Waals surface area contributed by atoms with Crippen molar-refractivity contribution < 1.29 is 37.4 Å². The van der Waals surface area contributed by atoms with Gasteiger partial charge in [0.05, 0.1) is 25.5 Å². The van der Waals surface area contributed by atoms with Crippen LogP contribution in [-0.4, -0.2) is 55.9 Å². The van der Waals surface area contributed by atoms with E-state index in [4.69, 9.17) is 14.5 Å². The number of methoxy groups -OCH3 is 1. The van der Waals surface area contributed by atoms with E-state index in [1.807, 2.05) is 47.3 Å². The van der Waals surface area contributed by atoms with Gasteiger partial charge in [-0.25, -0.2) is 37.6 Å². The van der Waals surface area contributed by atoms with Gasteiger partial charge in [-0.15, -0.1) is 0 Å². The highest BCUT2D eigenvalue weighted by Gasteiger charge is 2.40. The number of hydrogen-bond acceptors (Lipinski definition) is 6. The fourth-order valence-corrected chi connectivity index (χ4v) is 4.36. The normalized spacial score (nSPS) is 15.2. The van der Waals surface area contributed by atoms with Crippen molar-refractivity contribution in [3.05, 3.63) is 95.6 Å². The summed E-state index contributed by atoms with van der Waals surface area (Å²) in [5.74, 6) is -2.17. The van der Waals surface area contributed by atoms with Crippen LogP contribution in [0.5, 0.6) is 0 Å². The molecule has 3 aromatic rings. The van der Waals surface area contributed by atoms with Gasteiger partial charge in [0.15, 0.2) is 24.0 Å². The van der Waals surface area contributed by atoms with Crippen molar-refractivity contribution >= 4 is 12.1 Å². The molecule has 10 nitrogen and oxygen atoms in total. The van der Waals surface area contributed by atoms with Crippen LogP contribution in [0.1, 0.15) is 18.0 Å². The molecular formula is C28H30F2N5O5+. The molecule has 2 aromatic heterocycles. The van der Waals surface area contributed by atoms with Crippen LogP contribution in [0.4, 0.5) is 18.4 Å². The highest BCUT2D eigenvalue weighted by atomic mass is 19.2. The van der Waals surface area contributed by atoms with Gasteiger partial charge in [0.1, 0.15) is 13.2 Å². The van der Waals surface area contributed by atoms with E-state index in [-0.39, 0.29) is 25.3 Å². The van der Waals surface area contributed by atoms with Crippen molar-refractivity contribution in [2.24, 2.45) is 0 Å². The first-order chi connectivity index (χ1) is 19.4. The second-order valence-electron chi connectivity index (χ2n) is 8.87. The summed E-state index contributed by atoms with van der Waals surface area (Å²) in [5, 5.41) is 5.38. The first kappa shape index (κ1) is 28.7. The van der Waals surface area contributed by atoms with Gasteiger partial charge in [-0.2, -0.15) is 0 Å². The van der Waals surface area contributed by atoms with Gasteiger partial charge in [-0.05, 0) is 29.8 Å². The highest BCUT2D eigenvalue weighted by molar-refractivity contribution is 5.96. The third-order valence-corrected chi connectivity index (χ3v) is 6.27. The minimum atomic E-state index is -1.12. The average molecular weight is 555 g/mol. The van der Waals surface area contributed by atoms with Crippen molar-refractivity contribution in [2.45, 2.75) is 19.0 Å². The molecular weight excluding hydrogens is 524 g/mol. The molecule has 40 heavy (non-hydrogen) atoms. The van der Waals surface area contributed by atoms with Crippen molar-refractivity contribution in [2.75, 3.05) is 34.0 Å². The number of hydrogen-bond donors (Lipinski definition) is 2. The van der Waals surface area contributed by atoms with E-state index in [0.29, 0.717) is 24.2 Å². The smallest absolute Gasteiger partial charge is 0.330 e. The zero-order valence-electron chi connectivity index (χ0n) is 22.1. The summed E-state index contributed by atoms with van der Waals surface area (Å²) in [6.45, 7) is 0.668. The summed E-state index contributed by atoms with van der Waals surface area (Å²) in [4.78, 5) is 41.5. The zero-order chi connectivity index (χ0) is 28.5. The van der Waals surface area contributed by atoms with Gasteiger partial charge in [0, 0.05) is 55.2 Å². The van der Waals surface area contributed by atoms with Crippen molar-refractivity contribution in [3.63, 3.8) is 0 Å². The Morgan fingerprint density at radius 2 is 1.90 bits per heavy atom. The number of nitrogens with one attached hydrogen (secondary N) is 2. The Hall–Kier alpha value is -4.26. The summed E-state index contributed by atoms with van der Waals surface area (Å²) >= 11 is 0. The van der Waals surface area contributed by atoms with Gasteiger partial charge in [0.25, 0.3) is 0 Å². The van der Waals surface area contributed by atoms with Gasteiger partial charge in [-0.1, -0.05) is 12.1 Å².